The van der Waals surface area contributed by atoms with Gasteiger partial charge in [-0.05, 0) is 6.07 Å². The maximum atomic E-state index is 13.0. The number of hydrogen-bond acceptors (Lipinski definition) is 4. The van der Waals surface area contributed by atoms with Crippen LogP contribution in [0, 0.1) is 5.82 Å². The lowest BCUT2D eigenvalue weighted by Gasteiger charge is -2.02. The number of anilines is 1. The average molecular weight is 297 g/mol. The van der Waals surface area contributed by atoms with Gasteiger partial charge in [0.25, 0.3) is 0 Å². The highest BCUT2D eigenvalue weighted by molar-refractivity contribution is 5.91. The molecule has 0 radical (unpaired) electrons. The van der Waals surface area contributed by atoms with Crippen LogP contribution in [0.3, 0.4) is 0 Å². The van der Waals surface area contributed by atoms with Gasteiger partial charge in [-0.1, -0.05) is 35.5 Å². The molecule has 1 amide bonds. The van der Waals surface area contributed by atoms with Crippen molar-refractivity contribution < 1.29 is 13.7 Å². The normalized spacial score (nSPS) is 10.4. The number of benzene rings is 1. The van der Waals surface area contributed by atoms with E-state index in [0.717, 1.165) is 11.6 Å². The van der Waals surface area contributed by atoms with Crippen molar-refractivity contribution in [1.29, 1.82) is 0 Å². The van der Waals surface area contributed by atoms with Crippen LogP contribution >= 0.6 is 0 Å². The number of carbonyl (C=O) groups is 1. The summed E-state index contributed by atoms with van der Waals surface area (Å²) in [5.41, 5.74) is 1.38. The molecule has 2 heterocycles. The Hall–Kier alpha value is -3.02. The Morgan fingerprint density at radius 1 is 1.18 bits per heavy atom. The Labute approximate surface area is 125 Å². The smallest absolute Gasteiger partial charge is 0.231 e. The quantitative estimate of drug-likeness (QED) is 0.803. The SMILES string of the molecule is O=C(Cc1cc(-c2ccccc2)on1)Nc1cc(F)ccn1. The molecule has 1 aromatic carbocycles. The van der Waals surface area contributed by atoms with Gasteiger partial charge in [0, 0.05) is 23.9 Å². The van der Waals surface area contributed by atoms with Gasteiger partial charge in [-0.2, -0.15) is 0 Å². The van der Waals surface area contributed by atoms with Crippen molar-refractivity contribution in [3.63, 3.8) is 0 Å². The molecule has 0 saturated carbocycles. The third-order valence-electron chi connectivity index (χ3n) is 2.95. The standard InChI is InChI=1S/C16H12FN3O2/c17-12-6-7-18-15(8-12)19-16(21)10-13-9-14(22-20-13)11-4-2-1-3-5-11/h1-9H,10H2,(H,18,19,21). The molecule has 3 aromatic rings. The van der Waals surface area contributed by atoms with Crippen molar-refractivity contribution in [1.82, 2.24) is 10.1 Å². The Balaban J connectivity index is 1.66. The van der Waals surface area contributed by atoms with E-state index >= 15 is 0 Å². The first-order valence-electron chi connectivity index (χ1n) is 6.63. The van der Waals surface area contributed by atoms with Crippen molar-refractivity contribution in [2.75, 3.05) is 5.32 Å². The van der Waals surface area contributed by atoms with E-state index < -0.39 is 5.82 Å². The number of nitrogens with one attached hydrogen (secondary N) is 1. The molecule has 1 N–H and O–H groups in total. The number of carbonyl (C=O) groups excluding carboxylic acids is 1. The third-order valence-corrected chi connectivity index (χ3v) is 2.95. The molecule has 0 aliphatic carbocycles. The van der Waals surface area contributed by atoms with Crippen molar-refractivity contribution in [2.24, 2.45) is 0 Å². The second-order valence-corrected chi connectivity index (χ2v) is 4.63. The molecule has 0 atom stereocenters. The molecule has 0 aliphatic rings. The number of aromatic nitrogens is 2. The number of rotatable bonds is 4. The van der Waals surface area contributed by atoms with Gasteiger partial charge in [-0.25, -0.2) is 9.37 Å². The van der Waals surface area contributed by atoms with Crippen LogP contribution in [0.1, 0.15) is 5.69 Å². The zero-order valence-corrected chi connectivity index (χ0v) is 11.5. The number of halogens is 1. The van der Waals surface area contributed by atoms with Gasteiger partial charge in [-0.3, -0.25) is 4.79 Å². The van der Waals surface area contributed by atoms with E-state index in [0.29, 0.717) is 11.5 Å². The Kier molecular flexibility index (Phi) is 3.91. The highest BCUT2D eigenvalue weighted by Gasteiger charge is 2.11. The predicted octanol–water partition coefficient (Wildman–Crippen LogP) is 3.06. The predicted molar refractivity (Wildman–Crippen MR) is 78.5 cm³/mol. The summed E-state index contributed by atoms with van der Waals surface area (Å²) in [5, 5.41) is 6.37. The van der Waals surface area contributed by atoms with E-state index in [1.807, 2.05) is 30.3 Å². The molecule has 0 spiro atoms. The first kappa shape index (κ1) is 13.9. The molecular weight excluding hydrogens is 285 g/mol. The molecule has 0 fully saturated rings. The van der Waals surface area contributed by atoms with Crippen molar-refractivity contribution in [3.05, 3.63) is 66.2 Å². The summed E-state index contributed by atoms with van der Waals surface area (Å²) in [7, 11) is 0. The molecular formula is C16H12FN3O2. The van der Waals surface area contributed by atoms with E-state index in [9.17, 15) is 9.18 Å². The van der Waals surface area contributed by atoms with E-state index in [1.54, 1.807) is 6.07 Å². The van der Waals surface area contributed by atoms with E-state index in [-0.39, 0.29) is 18.1 Å². The lowest BCUT2D eigenvalue weighted by atomic mass is 10.1. The highest BCUT2D eigenvalue weighted by Crippen LogP contribution is 2.20. The fourth-order valence-electron chi connectivity index (χ4n) is 1.96. The monoisotopic (exact) mass is 297 g/mol. The molecule has 22 heavy (non-hydrogen) atoms. The molecule has 6 heteroatoms. The fraction of sp³-hybridized carbons (Fsp3) is 0.0625. The molecule has 0 unspecified atom stereocenters. The first-order chi connectivity index (χ1) is 10.7. The largest absolute Gasteiger partial charge is 0.356 e. The topological polar surface area (TPSA) is 68.0 Å². The number of hydrogen-bond donors (Lipinski definition) is 1. The number of pyridine rings is 1. The Morgan fingerprint density at radius 2 is 2.00 bits per heavy atom. The molecule has 2 aromatic heterocycles. The minimum atomic E-state index is -0.460. The van der Waals surface area contributed by atoms with Gasteiger partial charge in [-0.15, -0.1) is 0 Å². The van der Waals surface area contributed by atoms with Crippen LogP contribution in [0.2, 0.25) is 0 Å². The summed E-state index contributed by atoms with van der Waals surface area (Å²) in [4.78, 5) is 15.7. The lowest BCUT2D eigenvalue weighted by molar-refractivity contribution is -0.115. The summed E-state index contributed by atoms with van der Waals surface area (Å²) < 4.78 is 18.2. The Morgan fingerprint density at radius 3 is 2.77 bits per heavy atom. The van der Waals surface area contributed by atoms with Crippen LogP contribution in [0.15, 0.2) is 59.3 Å². The van der Waals surface area contributed by atoms with Crippen molar-refractivity contribution in [3.8, 4) is 11.3 Å². The summed E-state index contributed by atoms with van der Waals surface area (Å²) in [6.45, 7) is 0. The van der Waals surface area contributed by atoms with Crippen molar-refractivity contribution in [2.45, 2.75) is 6.42 Å². The second-order valence-electron chi connectivity index (χ2n) is 4.63. The number of amides is 1. The van der Waals surface area contributed by atoms with Crippen LogP contribution in [0.25, 0.3) is 11.3 Å². The van der Waals surface area contributed by atoms with Crippen LogP contribution in [0.5, 0.6) is 0 Å². The first-order valence-corrected chi connectivity index (χ1v) is 6.63. The van der Waals surface area contributed by atoms with Crippen LogP contribution < -0.4 is 5.32 Å². The second kappa shape index (κ2) is 6.17. The van der Waals surface area contributed by atoms with Gasteiger partial charge in [0.05, 0.1) is 12.1 Å². The molecule has 3 rings (SSSR count). The van der Waals surface area contributed by atoms with Crippen molar-refractivity contribution >= 4 is 11.7 Å². The van der Waals surface area contributed by atoms with Gasteiger partial charge in [0.2, 0.25) is 5.91 Å². The highest BCUT2D eigenvalue weighted by atomic mass is 19.1. The minimum absolute atomic E-state index is 0.0223. The van der Waals surface area contributed by atoms with Crippen LogP contribution in [-0.4, -0.2) is 16.0 Å². The van der Waals surface area contributed by atoms with Gasteiger partial charge < -0.3 is 9.84 Å². The van der Waals surface area contributed by atoms with Gasteiger partial charge in [0.15, 0.2) is 5.76 Å². The summed E-state index contributed by atoms with van der Waals surface area (Å²) in [6, 6.07) is 13.5. The van der Waals surface area contributed by atoms with Gasteiger partial charge in [0.1, 0.15) is 11.6 Å². The molecule has 0 saturated heterocycles. The maximum Gasteiger partial charge on any atom is 0.231 e. The third kappa shape index (κ3) is 3.35. The molecule has 0 bridgehead atoms. The zero-order valence-electron chi connectivity index (χ0n) is 11.5. The van der Waals surface area contributed by atoms with Crippen LogP contribution in [0.4, 0.5) is 10.2 Å². The molecule has 0 aliphatic heterocycles. The van der Waals surface area contributed by atoms with E-state index in [2.05, 4.69) is 15.5 Å². The number of nitrogens with zero attached hydrogens (tertiary/aromatic N) is 2. The average Bonchev–Trinajstić information content (AvgIpc) is 2.96. The maximum absolute atomic E-state index is 13.0. The lowest BCUT2D eigenvalue weighted by Crippen LogP contribution is -2.15. The summed E-state index contributed by atoms with van der Waals surface area (Å²) in [6.07, 6.45) is 1.31. The molecule has 5 nitrogen and oxygen atoms in total. The summed E-state index contributed by atoms with van der Waals surface area (Å²) in [5.74, 6) is -0.0480. The summed E-state index contributed by atoms with van der Waals surface area (Å²) >= 11 is 0. The Bertz CT molecular complexity index is 787. The van der Waals surface area contributed by atoms with Crippen LogP contribution in [-0.2, 0) is 11.2 Å². The zero-order chi connectivity index (χ0) is 15.4. The van der Waals surface area contributed by atoms with Gasteiger partial charge >= 0.3 is 0 Å². The van der Waals surface area contributed by atoms with E-state index in [1.165, 1.54) is 12.3 Å². The molecule has 110 valence electrons. The minimum Gasteiger partial charge on any atom is -0.356 e. The fourth-order valence-corrected chi connectivity index (χ4v) is 1.96. The van der Waals surface area contributed by atoms with E-state index in [4.69, 9.17) is 4.52 Å².